The fourth-order valence-electron chi connectivity index (χ4n) is 3.12. The van der Waals surface area contributed by atoms with Gasteiger partial charge in [0.2, 0.25) is 0 Å². The summed E-state index contributed by atoms with van der Waals surface area (Å²) in [6.45, 7) is 7.71. The molecule has 2 rings (SSSR count). The van der Waals surface area contributed by atoms with Crippen LogP contribution in [0.2, 0.25) is 6.04 Å². The van der Waals surface area contributed by atoms with Crippen molar-refractivity contribution in [2.75, 3.05) is 0 Å². The third kappa shape index (κ3) is 3.91. The average Bonchev–Trinajstić information content (AvgIpc) is 2.50. The predicted octanol–water partition coefficient (Wildman–Crippen LogP) is 2.62. The van der Waals surface area contributed by atoms with Crippen molar-refractivity contribution in [1.29, 1.82) is 0 Å². The lowest BCUT2D eigenvalue weighted by Crippen LogP contribution is -2.28. The molecule has 0 aliphatic rings. The maximum Gasteiger partial charge on any atom is 0.294 e. The highest BCUT2D eigenvalue weighted by Crippen LogP contribution is 2.23. The van der Waals surface area contributed by atoms with Gasteiger partial charge in [-0.25, -0.2) is 0 Å². The third-order valence-electron chi connectivity index (χ3n) is 4.75. The van der Waals surface area contributed by atoms with Gasteiger partial charge in [0.05, 0.1) is 14.4 Å². The molecule has 5 heteroatoms. The molecule has 0 aliphatic carbocycles. The Balaban J connectivity index is 2.37. The number of hydrogen-bond donors (Lipinski definition) is 1. The van der Waals surface area contributed by atoms with Gasteiger partial charge < -0.3 is 0 Å². The lowest BCUT2D eigenvalue weighted by Gasteiger charge is -2.19. The minimum absolute atomic E-state index is 0.165. The van der Waals surface area contributed by atoms with Crippen LogP contribution < -0.4 is 5.19 Å². The minimum Gasteiger partial charge on any atom is -0.282 e. The molecule has 0 unspecified atom stereocenters. The van der Waals surface area contributed by atoms with Gasteiger partial charge in [-0.1, -0.05) is 36.4 Å². The lowest BCUT2D eigenvalue weighted by molar-refractivity contribution is 0.483. The largest absolute Gasteiger partial charge is 0.294 e. The molecule has 23 heavy (non-hydrogen) atoms. The van der Waals surface area contributed by atoms with Crippen molar-refractivity contribution in [2.45, 2.75) is 45.1 Å². The fourth-order valence-corrected chi connectivity index (χ4v) is 7.05. The number of aryl methyl sites for hydroxylation is 1. The zero-order chi connectivity index (χ0) is 17.2. The lowest BCUT2D eigenvalue weighted by atomic mass is 9.99. The second-order valence-corrected chi connectivity index (χ2v) is 9.39. The zero-order valence-electron chi connectivity index (χ0n) is 14.2. The number of hydrogen-bond acceptors (Lipinski definition) is 2. The smallest absolute Gasteiger partial charge is 0.282 e. The molecule has 1 N–H and O–H groups in total. The highest BCUT2D eigenvalue weighted by molar-refractivity contribution is 7.86. The maximum absolute atomic E-state index is 11.9. The molecule has 0 aliphatic heterocycles. The topological polar surface area (TPSA) is 54.4 Å². The van der Waals surface area contributed by atoms with Crippen LogP contribution in [0, 0.1) is 27.7 Å². The van der Waals surface area contributed by atoms with Crippen LogP contribution in [0.25, 0.3) is 0 Å². The second kappa shape index (κ2) is 6.99. The molecule has 0 saturated carbocycles. The van der Waals surface area contributed by atoms with Gasteiger partial charge in [-0.05, 0) is 67.1 Å². The Labute approximate surface area is 141 Å². The van der Waals surface area contributed by atoms with Crippen LogP contribution in [0.15, 0.2) is 35.2 Å². The van der Waals surface area contributed by atoms with Crippen molar-refractivity contribution in [3.05, 3.63) is 58.1 Å². The molecule has 0 saturated heterocycles. The second-order valence-electron chi connectivity index (χ2n) is 6.12. The van der Waals surface area contributed by atoms with Gasteiger partial charge in [-0.2, -0.15) is 8.42 Å². The summed E-state index contributed by atoms with van der Waals surface area (Å²) >= 11 is 0. The summed E-state index contributed by atoms with van der Waals surface area (Å²) in [7, 11) is -4.98. The van der Waals surface area contributed by atoms with E-state index in [2.05, 4.69) is 12.1 Å². The quantitative estimate of drug-likeness (QED) is 0.667. The molecule has 0 amide bonds. The van der Waals surface area contributed by atoms with Crippen LogP contribution in [-0.2, 0) is 16.5 Å². The first kappa shape index (κ1) is 17.9. The van der Waals surface area contributed by atoms with Gasteiger partial charge in [0, 0.05) is 0 Å². The SMILES string of the molecule is Cc1c(C)c(C)c(S(=O)(=O)O)c([SiH2]CCc2ccccc2)c1C. The molecule has 0 bridgehead atoms. The van der Waals surface area contributed by atoms with Gasteiger partial charge >= 0.3 is 0 Å². The minimum atomic E-state index is -4.19. The Morgan fingerprint density at radius 3 is 2.04 bits per heavy atom. The van der Waals surface area contributed by atoms with E-state index in [0.717, 1.165) is 34.3 Å². The molecule has 0 atom stereocenters. The monoisotopic (exact) mass is 348 g/mol. The van der Waals surface area contributed by atoms with Gasteiger partial charge in [-0.15, -0.1) is 0 Å². The Bertz CT molecular complexity index is 812. The van der Waals surface area contributed by atoms with Crippen molar-refractivity contribution >= 4 is 24.8 Å². The summed E-state index contributed by atoms with van der Waals surface area (Å²) in [4.78, 5) is 0.165. The van der Waals surface area contributed by atoms with E-state index < -0.39 is 19.6 Å². The van der Waals surface area contributed by atoms with Crippen LogP contribution in [-0.4, -0.2) is 22.5 Å². The summed E-state index contributed by atoms with van der Waals surface area (Å²) < 4.78 is 33.5. The highest BCUT2D eigenvalue weighted by atomic mass is 32.2. The van der Waals surface area contributed by atoms with E-state index in [-0.39, 0.29) is 4.90 Å². The van der Waals surface area contributed by atoms with Crippen LogP contribution in [0.4, 0.5) is 0 Å². The number of rotatable bonds is 5. The van der Waals surface area contributed by atoms with E-state index in [1.165, 1.54) is 5.56 Å². The van der Waals surface area contributed by atoms with Gasteiger partial charge in [0.15, 0.2) is 0 Å². The van der Waals surface area contributed by atoms with Crippen molar-refractivity contribution < 1.29 is 13.0 Å². The normalized spacial score (nSPS) is 12.2. The Morgan fingerprint density at radius 2 is 1.48 bits per heavy atom. The molecule has 2 aromatic carbocycles. The molecule has 0 spiro atoms. The van der Waals surface area contributed by atoms with E-state index in [1.807, 2.05) is 39.0 Å². The van der Waals surface area contributed by atoms with Gasteiger partial charge in [-0.3, -0.25) is 4.55 Å². The molecule has 0 aromatic heterocycles. The molecule has 2 aromatic rings. The van der Waals surface area contributed by atoms with Gasteiger partial charge in [0.1, 0.15) is 0 Å². The van der Waals surface area contributed by atoms with E-state index in [1.54, 1.807) is 6.92 Å². The van der Waals surface area contributed by atoms with Crippen molar-refractivity contribution in [2.24, 2.45) is 0 Å². The average molecular weight is 349 g/mol. The summed E-state index contributed by atoms with van der Waals surface area (Å²) in [5.41, 5.74) is 5.08. The molecular formula is C18H24O3SSi. The Hall–Kier alpha value is -1.43. The summed E-state index contributed by atoms with van der Waals surface area (Å²) in [5.74, 6) is 0. The molecule has 3 nitrogen and oxygen atoms in total. The molecular weight excluding hydrogens is 324 g/mol. The molecule has 0 fully saturated rings. The van der Waals surface area contributed by atoms with Gasteiger partial charge in [0.25, 0.3) is 10.1 Å². The first-order valence-electron chi connectivity index (χ1n) is 7.84. The predicted molar refractivity (Wildman–Crippen MR) is 98.3 cm³/mol. The van der Waals surface area contributed by atoms with E-state index in [4.69, 9.17) is 0 Å². The molecule has 0 heterocycles. The van der Waals surface area contributed by atoms with E-state index in [0.29, 0.717) is 5.56 Å². The highest BCUT2D eigenvalue weighted by Gasteiger charge is 2.23. The third-order valence-corrected chi connectivity index (χ3v) is 8.16. The van der Waals surface area contributed by atoms with Crippen LogP contribution in [0.3, 0.4) is 0 Å². The standard InChI is InChI=1S/C18H24O3SSi/c1-12-13(2)15(4)18(17(14(12)3)22(19,20)21)23-11-10-16-8-6-5-7-9-16/h5-9H,10-11,23H2,1-4H3,(H,19,20,21). The number of benzene rings is 2. The fraction of sp³-hybridized carbons (Fsp3) is 0.333. The van der Waals surface area contributed by atoms with Crippen molar-refractivity contribution in [1.82, 2.24) is 0 Å². The Morgan fingerprint density at radius 1 is 0.913 bits per heavy atom. The van der Waals surface area contributed by atoms with Crippen LogP contribution >= 0.6 is 0 Å². The summed E-state index contributed by atoms with van der Waals surface area (Å²) in [6.07, 6.45) is 0.948. The first-order chi connectivity index (χ1) is 10.7. The van der Waals surface area contributed by atoms with E-state index >= 15 is 0 Å². The van der Waals surface area contributed by atoms with Crippen molar-refractivity contribution in [3.63, 3.8) is 0 Å². The first-order valence-corrected chi connectivity index (χ1v) is 11.0. The molecule has 124 valence electrons. The molecule has 0 radical (unpaired) electrons. The maximum atomic E-state index is 11.9. The van der Waals surface area contributed by atoms with Crippen LogP contribution in [0.1, 0.15) is 27.8 Å². The zero-order valence-corrected chi connectivity index (χ0v) is 16.4. The summed E-state index contributed by atoms with van der Waals surface area (Å²) in [5, 5.41) is 0.893. The van der Waals surface area contributed by atoms with E-state index in [9.17, 15) is 13.0 Å². The van der Waals surface area contributed by atoms with Crippen molar-refractivity contribution in [3.8, 4) is 0 Å². The van der Waals surface area contributed by atoms with Crippen LogP contribution in [0.5, 0.6) is 0 Å². The summed E-state index contributed by atoms with van der Waals surface area (Å²) in [6, 6.07) is 11.2. The Kier molecular flexibility index (Phi) is 5.44.